The number of amides is 1. The van der Waals surface area contributed by atoms with E-state index in [1.807, 2.05) is 28.2 Å². The van der Waals surface area contributed by atoms with Crippen LogP contribution in [0.1, 0.15) is 0 Å². The number of carbonyl (C=O) groups excluding carboxylic acids is 1. The Hall–Kier alpha value is -2.18. The zero-order valence-corrected chi connectivity index (χ0v) is 10.4. The molecule has 0 bridgehead atoms. The molecule has 0 atom stereocenters. The van der Waals surface area contributed by atoms with Crippen LogP contribution >= 0.6 is 0 Å². The summed E-state index contributed by atoms with van der Waals surface area (Å²) >= 11 is 0. The summed E-state index contributed by atoms with van der Waals surface area (Å²) < 4.78 is 0. The van der Waals surface area contributed by atoms with Crippen molar-refractivity contribution in [3.8, 4) is 0 Å². The Bertz CT molecular complexity index is 403. The summed E-state index contributed by atoms with van der Waals surface area (Å²) in [6.07, 6.45) is 1.16. The summed E-state index contributed by atoms with van der Waals surface area (Å²) in [5.41, 5.74) is 0. The van der Waals surface area contributed by atoms with Crippen LogP contribution in [0, 0.1) is 0 Å². The largest absolute Gasteiger partial charge is 0.347 e. The van der Waals surface area contributed by atoms with Gasteiger partial charge >= 0.3 is 0 Å². The Kier molecular flexibility index (Phi) is 3.97. The second kappa shape index (κ2) is 5.24. The van der Waals surface area contributed by atoms with Crippen LogP contribution in [-0.2, 0) is 4.79 Å². The van der Waals surface area contributed by atoms with Crippen molar-refractivity contribution in [2.24, 2.45) is 0 Å². The Morgan fingerprint density at radius 3 is 1.94 bits per heavy atom. The van der Waals surface area contributed by atoms with Crippen molar-refractivity contribution in [2.45, 2.75) is 0 Å². The predicted octanol–water partition coefficient (Wildman–Crippen LogP) is 0.128. The predicted molar refractivity (Wildman–Crippen MR) is 67.3 cm³/mol. The molecule has 17 heavy (non-hydrogen) atoms. The molecule has 0 spiro atoms. The molecule has 7 nitrogen and oxygen atoms in total. The molecule has 0 aliphatic rings. The summed E-state index contributed by atoms with van der Waals surface area (Å²) in [6, 6.07) is 0. The van der Waals surface area contributed by atoms with Crippen LogP contribution in [0.5, 0.6) is 0 Å². The van der Waals surface area contributed by atoms with Crippen molar-refractivity contribution in [1.82, 2.24) is 15.0 Å². The van der Waals surface area contributed by atoms with Crippen LogP contribution in [-0.4, -0.2) is 49.0 Å². The van der Waals surface area contributed by atoms with Crippen molar-refractivity contribution in [1.29, 1.82) is 0 Å². The number of hydrogen-bond acceptors (Lipinski definition) is 6. The molecule has 0 aliphatic heterocycles. The van der Waals surface area contributed by atoms with Crippen LogP contribution < -0.4 is 15.1 Å². The fourth-order valence-electron chi connectivity index (χ4n) is 0.971. The number of rotatable bonds is 4. The van der Waals surface area contributed by atoms with E-state index in [2.05, 4.69) is 26.8 Å². The molecule has 1 aromatic heterocycles. The molecule has 1 heterocycles. The maximum absolute atomic E-state index is 11.2. The number of hydrogen-bond donors (Lipinski definition) is 1. The van der Waals surface area contributed by atoms with Gasteiger partial charge in [0.05, 0.1) is 0 Å². The third-order valence-electron chi connectivity index (χ3n) is 1.83. The van der Waals surface area contributed by atoms with Crippen LogP contribution in [0.15, 0.2) is 12.7 Å². The Morgan fingerprint density at radius 1 is 1.12 bits per heavy atom. The first-order valence-electron chi connectivity index (χ1n) is 4.98. The molecule has 7 heteroatoms. The van der Waals surface area contributed by atoms with Gasteiger partial charge in [0.25, 0.3) is 0 Å². The highest BCUT2D eigenvalue weighted by atomic mass is 16.1. The quantitative estimate of drug-likeness (QED) is 0.749. The van der Waals surface area contributed by atoms with Gasteiger partial charge in [-0.25, -0.2) is 0 Å². The van der Waals surface area contributed by atoms with E-state index in [0.717, 1.165) is 6.08 Å². The van der Waals surface area contributed by atoms with Gasteiger partial charge in [-0.2, -0.15) is 15.0 Å². The van der Waals surface area contributed by atoms with Gasteiger partial charge in [0.15, 0.2) is 0 Å². The van der Waals surface area contributed by atoms with Crippen LogP contribution in [0.4, 0.5) is 17.8 Å². The number of nitrogens with one attached hydrogen (secondary N) is 1. The van der Waals surface area contributed by atoms with Gasteiger partial charge in [0, 0.05) is 28.2 Å². The Morgan fingerprint density at radius 2 is 1.59 bits per heavy atom. The first-order valence-corrected chi connectivity index (χ1v) is 4.98. The van der Waals surface area contributed by atoms with Crippen molar-refractivity contribution in [3.63, 3.8) is 0 Å². The summed E-state index contributed by atoms with van der Waals surface area (Å²) in [5, 5.41) is 2.51. The monoisotopic (exact) mass is 236 g/mol. The Labute approximate surface area is 100 Å². The second-order valence-electron chi connectivity index (χ2n) is 3.74. The van der Waals surface area contributed by atoms with E-state index in [1.165, 1.54) is 0 Å². The molecule has 0 saturated carbocycles. The lowest BCUT2D eigenvalue weighted by Gasteiger charge is -2.15. The minimum atomic E-state index is -0.356. The van der Waals surface area contributed by atoms with Crippen molar-refractivity contribution in [2.75, 3.05) is 43.3 Å². The smallest absolute Gasteiger partial charge is 0.250 e. The van der Waals surface area contributed by atoms with Gasteiger partial charge in [0.2, 0.25) is 23.8 Å². The van der Waals surface area contributed by atoms with E-state index in [1.54, 1.807) is 9.80 Å². The SMILES string of the molecule is C=CC(=O)Nc1nc(N(C)C)nc(N(C)C)n1. The van der Waals surface area contributed by atoms with E-state index >= 15 is 0 Å². The van der Waals surface area contributed by atoms with E-state index < -0.39 is 0 Å². The maximum atomic E-state index is 11.2. The van der Waals surface area contributed by atoms with Gasteiger partial charge < -0.3 is 9.80 Å². The van der Waals surface area contributed by atoms with Gasteiger partial charge in [-0.15, -0.1) is 0 Å². The average molecular weight is 236 g/mol. The average Bonchev–Trinajstić information content (AvgIpc) is 2.28. The lowest BCUT2D eigenvalue weighted by atomic mass is 10.6. The molecule has 0 aliphatic carbocycles. The lowest BCUT2D eigenvalue weighted by molar-refractivity contribution is -0.111. The third-order valence-corrected chi connectivity index (χ3v) is 1.83. The van der Waals surface area contributed by atoms with Gasteiger partial charge in [-0.3, -0.25) is 10.1 Å². The van der Waals surface area contributed by atoms with Crippen LogP contribution in [0.2, 0.25) is 0 Å². The highest BCUT2D eigenvalue weighted by molar-refractivity contribution is 5.97. The second-order valence-corrected chi connectivity index (χ2v) is 3.74. The third kappa shape index (κ3) is 3.40. The van der Waals surface area contributed by atoms with Crippen LogP contribution in [0.3, 0.4) is 0 Å². The highest BCUT2D eigenvalue weighted by Crippen LogP contribution is 2.12. The first-order chi connectivity index (χ1) is 7.93. The normalized spacial score (nSPS) is 9.65. The number of anilines is 3. The highest BCUT2D eigenvalue weighted by Gasteiger charge is 2.10. The minimum Gasteiger partial charge on any atom is -0.347 e. The molecule has 92 valence electrons. The molecule has 1 N–H and O–H groups in total. The van der Waals surface area contributed by atoms with Gasteiger partial charge in [-0.1, -0.05) is 6.58 Å². The standard InChI is InChI=1S/C10H16N6O/c1-6-7(17)11-8-12-9(15(2)3)14-10(13-8)16(4)5/h6H,1H2,2-5H3,(H,11,12,13,14,17). The van der Waals surface area contributed by atoms with Crippen LogP contribution in [0.25, 0.3) is 0 Å². The van der Waals surface area contributed by atoms with Gasteiger partial charge in [0.1, 0.15) is 0 Å². The van der Waals surface area contributed by atoms with Gasteiger partial charge in [-0.05, 0) is 6.08 Å². The fourth-order valence-corrected chi connectivity index (χ4v) is 0.971. The zero-order chi connectivity index (χ0) is 13.0. The molecule has 1 rings (SSSR count). The summed E-state index contributed by atoms with van der Waals surface area (Å²) in [7, 11) is 7.25. The van der Waals surface area contributed by atoms with Crippen molar-refractivity contribution >= 4 is 23.8 Å². The zero-order valence-electron chi connectivity index (χ0n) is 10.4. The number of nitrogens with zero attached hydrogens (tertiary/aromatic N) is 5. The molecule has 0 saturated heterocycles. The molecule has 0 aromatic carbocycles. The summed E-state index contributed by atoms with van der Waals surface area (Å²) in [4.78, 5) is 27.1. The Balaban J connectivity index is 3.12. The van der Waals surface area contributed by atoms with E-state index in [-0.39, 0.29) is 11.9 Å². The molecule has 1 amide bonds. The first kappa shape index (κ1) is 12.9. The maximum Gasteiger partial charge on any atom is 0.250 e. The van der Waals surface area contributed by atoms with Crippen molar-refractivity contribution < 1.29 is 4.79 Å². The molecular formula is C10H16N6O. The van der Waals surface area contributed by atoms with E-state index in [9.17, 15) is 4.79 Å². The topological polar surface area (TPSA) is 74.2 Å². The number of carbonyl (C=O) groups is 1. The molecule has 0 unspecified atom stereocenters. The fraction of sp³-hybridized carbons (Fsp3) is 0.400. The van der Waals surface area contributed by atoms with E-state index in [0.29, 0.717) is 11.9 Å². The molecule has 0 radical (unpaired) electrons. The van der Waals surface area contributed by atoms with E-state index in [4.69, 9.17) is 0 Å². The molecule has 0 fully saturated rings. The van der Waals surface area contributed by atoms with Crippen molar-refractivity contribution in [3.05, 3.63) is 12.7 Å². The molecular weight excluding hydrogens is 220 g/mol. The lowest BCUT2D eigenvalue weighted by Crippen LogP contribution is -2.21. The summed E-state index contributed by atoms with van der Waals surface area (Å²) in [6.45, 7) is 3.37. The number of aromatic nitrogens is 3. The molecule has 1 aromatic rings. The summed E-state index contributed by atoms with van der Waals surface area (Å²) in [5.74, 6) is 0.800. The minimum absolute atomic E-state index is 0.206.